The van der Waals surface area contributed by atoms with Crippen molar-refractivity contribution in [3.05, 3.63) is 64.0 Å². The third-order valence-electron chi connectivity index (χ3n) is 3.63. The summed E-state index contributed by atoms with van der Waals surface area (Å²) in [7, 11) is 1.48. The zero-order chi connectivity index (χ0) is 17.3. The number of hydrogen-bond acceptors (Lipinski definition) is 3. The maximum atomic E-state index is 14.2. The van der Waals surface area contributed by atoms with Crippen LogP contribution in [0.25, 0.3) is 10.1 Å². The fraction of sp³-hybridized carbons (Fsp3) is 0.167. The number of thiophene rings is 1. The minimum atomic E-state index is -0.519. The van der Waals surface area contributed by atoms with Gasteiger partial charge in [-0.25, -0.2) is 8.78 Å². The Hall–Kier alpha value is -2.31. The summed E-state index contributed by atoms with van der Waals surface area (Å²) >= 11 is 1.16. The van der Waals surface area contributed by atoms with Gasteiger partial charge in [-0.15, -0.1) is 11.3 Å². The van der Waals surface area contributed by atoms with Crippen LogP contribution in [0.3, 0.4) is 0 Å². The van der Waals surface area contributed by atoms with E-state index in [2.05, 4.69) is 5.32 Å². The molecule has 1 amide bonds. The van der Waals surface area contributed by atoms with E-state index in [1.165, 1.54) is 19.2 Å². The van der Waals surface area contributed by atoms with Crippen molar-refractivity contribution in [1.82, 2.24) is 0 Å². The van der Waals surface area contributed by atoms with Crippen molar-refractivity contribution in [2.24, 2.45) is 0 Å². The molecule has 0 aliphatic carbocycles. The number of rotatable bonds is 4. The van der Waals surface area contributed by atoms with Gasteiger partial charge in [0.2, 0.25) is 0 Å². The number of methoxy groups -OCH3 is 1. The minimum absolute atomic E-state index is 0.0972. The molecule has 3 aromatic rings. The van der Waals surface area contributed by atoms with Gasteiger partial charge >= 0.3 is 0 Å². The predicted molar refractivity (Wildman–Crippen MR) is 91.6 cm³/mol. The van der Waals surface area contributed by atoms with Gasteiger partial charge in [-0.2, -0.15) is 0 Å². The van der Waals surface area contributed by atoms with Crippen LogP contribution >= 0.6 is 11.3 Å². The fourth-order valence-corrected chi connectivity index (χ4v) is 3.66. The average molecular weight is 347 g/mol. The molecule has 1 heterocycles. The quantitative estimate of drug-likeness (QED) is 0.730. The van der Waals surface area contributed by atoms with Crippen LogP contribution in [-0.4, -0.2) is 13.0 Å². The highest BCUT2D eigenvalue weighted by atomic mass is 32.1. The molecular weight excluding hydrogens is 332 g/mol. The molecule has 124 valence electrons. The highest BCUT2D eigenvalue weighted by Crippen LogP contribution is 2.34. The fourth-order valence-electron chi connectivity index (χ4n) is 2.55. The van der Waals surface area contributed by atoms with Crippen LogP contribution in [-0.2, 0) is 11.3 Å². The van der Waals surface area contributed by atoms with E-state index in [-0.39, 0.29) is 12.3 Å². The first kappa shape index (κ1) is 16.5. The molecule has 0 bridgehead atoms. The van der Waals surface area contributed by atoms with Gasteiger partial charge in [0.25, 0.3) is 5.91 Å². The van der Waals surface area contributed by atoms with E-state index in [1.54, 1.807) is 31.2 Å². The van der Waals surface area contributed by atoms with Gasteiger partial charge in [-0.05, 0) is 36.8 Å². The summed E-state index contributed by atoms with van der Waals surface area (Å²) in [5.74, 6) is -1.40. The van der Waals surface area contributed by atoms with Crippen molar-refractivity contribution in [1.29, 1.82) is 0 Å². The Labute approximate surface area is 141 Å². The van der Waals surface area contributed by atoms with Crippen LogP contribution < -0.4 is 5.32 Å². The van der Waals surface area contributed by atoms with Gasteiger partial charge in [-0.1, -0.05) is 12.1 Å². The van der Waals surface area contributed by atoms with E-state index in [1.807, 2.05) is 0 Å². The molecule has 1 N–H and O–H groups in total. The Bertz CT molecular complexity index is 921. The summed E-state index contributed by atoms with van der Waals surface area (Å²) < 4.78 is 33.8. The van der Waals surface area contributed by atoms with Gasteiger partial charge in [0.15, 0.2) is 0 Å². The number of ether oxygens (including phenoxy) is 1. The van der Waals surface area contributed by atoms with Crippen LogP contribution in [0.1, 0.15) is 20.8 Å². The van der Waals surface area contributed by atoms with E-state index in [0.29, 0.717) is 20.5 Å². The molecule has 24 heavy (non-hydrogen) atoms. The van der Waals surface area contributed by atoms with E-state index >= 15 is 0 Å². The largest absolute Gasteiger partial charge is 0.380 e. The van der Waals surface area contributed by atoms with Crippen molar-refractivity contribution in [3.63, 3.8) is 0 Å². The van der Waals surface area contributed by atoms with Crippen molar-refractivity contribution in [2.75, 3.05) is 12.4 Å². The second kappa shape index (κ2) is 6.67. The zero-order valence-corrected chi connectivity index (χ0v) is 14.0. The Kier molecular flexibility index (Phi) is 4.59. The summed E-state index contributed by atoms with van der Waals surface area (Å²) in [4.78, 5) is 12.9. The zero-order valence-electron chi connectivity index (χ0n) is 13.2. The lowest BCUT2D eigenvalue weighted by Crippen LogP contribution is -2.13. The molecule has 0 saturated carbocycles. The molecule has 6 heteroatoms. The Morgan fingerprint density at radius 2 is 2.00 bits per heavy atom. The normalized spacial score (nSPS) is 11.0. The number of carbonyl (C=O) groups is 1. The first-order chi connectivity index (χ1) is 11.5. The molecule has 0 aliphatic rings. The number of nitrogens with one attached hydrogen (secondary N) is 1. The second-order valence-electron chi connectivity index (χ2n) is 5.39. The van der Waals surface area contributed by atoms with Crippen molar-refractivity contribution >= 4 is 33.0 Å². The minimum Gasteiger partial charge on any atom is -0.380 e. The van der Waals surface area contributed by atoms with Gasteiger partial charge in [-0.3, -0.25) is 4.79 Å². The van der Waals surface area contributed by atoms with Gasteiger partial charge in [0.05, 0.1) is 17.2 Å². The first-order valence-corrected chi connectivity index (χ1v) is 8.09. The lowest BCUT2D eigenvalue weighted by Gasteiger charge is -2.08. The Morgan fingerprint density at radius 3 is 2.75 bits per heavy atom. The number of benzene rings is 2. The predicted octanol–water partition coefficient (Wildman–Crippen LogP) is 4.89. The smallest absolute Gasteiger partial charge is 0.266 e. The third kappa shape index (κ3) is 3.02. The number of halogens is 2. The summed E-state index contributed by atoms with van der Waals surface area (Å²) in [6.07, 6.45) is 0. The molecule has 0 atom stereocenters. The molecular formula is C18H15F2NO2S. The summed E-state index contributed by atoms with van der Waals surface area (Å²) in [5, 5.41) is 2.94. The van der Waals surface area contributed by atoms with Crippen LogP contribution in [0.5, 0.6) is 0 Å². The van der Waals surface area contributed by atoms with Crippen molar-refractivity contribution in [2.45, 2.75) is 13.5 Å². The third-order valence-corrected chi connectivity index (χ3v) is 4.82. The highest BCUT2D eigenvalue weighted by Gasteiger charge is 2.21. The van der Waals surface area contributed by atoms with Crippen molar-refractivity contribution in [3.8, 4) is 0 Å². The lowest BCUT2D eigenvalue weighted by atomic mass is 10.1. The lowest BCUT2D eigenvalue weighted by molar-refractivity contribution is 0.102. The van der Waals surface area contributed by atoms with Crippen LogP contribution in [0, 0.1) is 18.6 Å². The molecule has 2 aromatic carbocycles. The van der Waals surface area contributed by atoms with E-state index < -0.39 is 17.5 Å². The standard InChI is InChI=1S/C18H15F2NO2S/c1-10-6-7-12(19)14(8-10)21-18(22)17-11(9-23-2)16-13(20)4-3-5-15(16)24-17/h3-8H,9H2,1-2H3,(H,21,22). The van der Waals surface area contributed by atoms with E-state index in [4.69, 9.17) is 4.74 Å². The molecule has 3 rings (SSSR count). The maximum Gasteiger partial charge on any atom is 0.266 e. The Morgan fingerprint density at radius 1 is 1.21 bits per heavy atom. The topological polar surface area (TPSA) is 38.3 Å². The summed E-state index contributed by atoms with van der Waals surface area (Å²) in [6.45, 7) is 1.90. The van der Waals surface area contributed by atoms with Gasteiger partial charge < -0.3 is 10.1 Å². The number of fused-ring (bicyclic) bond motifs is 1. The molecule has 0 unspecified atom stereocenters. The maximum absolute atomic E-state index is 14.2. The van der Waals surface area contributed by atoms with Gasteiger partial charge in [0.1, 0.15) is 11.6 Å². The molecule has 0 aliphatic heterocycles. The van der Waals surface area contributed by atoms with E-state index in [9.17, 15) is 13.6 Å². The van der Waals surface area contributed by atoms with Gasteiger partial charge in [0, 0.05) is 22.8 Å². The molecule has 1 aromatic heterocycles. The number of aryl methyl sites for hydroxylation is 1. The highest BCUT2D eigenvalue weighted by molar-refractivity contribution is 7.21. The summed E-state index contributed by atoms with van der Waals surface area (Å²) in [6, 6.07) is 9.15. The first-order valence-electron chi connectivity index (χ1n) is 7.27. The number of hydrogen-bond donors (Lipinski definition) is 1. The SMILES string of the molecule is COCc1c(C(=O)Nc2cc(C)ccc2F)sc2cccc(F)c12. The van der Waals surface area contributed by atoms with Crippen LogP contribution in [0.2, 0.25) is 0 Å². The average Bonchev–Trinajstić information content (AvgIpc) is 2.91. The van der Waals surface area contributed by atoms with Crippen LogP contribution in [0.15, 0.2) is 36.4 Å². The number of anilines is 1. The molecule has 0 spiro atoms. The molecule has 3 nitrogen and oxygen atoms in total. The number of amides is 1. The number of carbonyl (C=O) groups excluding carboxylic acids is 1. The van der Waals surface area contributed by atoms with Crippen molar-refractivity contribution < 1.29 is 18.3 Å². The molecule has 0 saturated heterocycles. The van der Waals surface area contributed by atoms with Crippen LogP contribution in [0.4, 0.5) is 14.5 Å². The Balaban J connectivity index is 2.05. The van der Waals surface area contributed by atoms with E-state index in [0.717, 1.165) is 16.9 Å². The molecule has 0 fully saturated rings. The second-order valence-corrected chi connectivity index (χ2v) is 6.45. The molecule has 0 radical (unpaired) electrons. The monoisotopic (exact) mass is 347 g/mol. The summed E-state index contributed by atoms with van der Waals surface area (Å²) in [5.41, 5.74) is 1.40.